The van der Waals surface area contributed by atoms with Gasteiger partial charge in [-0.05, 0) is 44.5 Å². The first kappa shape index (κ1) is 24.1. The second kappa shape index (κ2) is 11.2. The second-order valence-electron chi connectivity index (χ2n) is 7.01. The quantitative estimate of drug-likeness (QED) is 0.805. The minimum atomic E-state index is -0.0737. The minimum absolute atomic E-state index is 0. The van der Waals surface area contributed by atoms with E-state index in [1.165, 1.54) is 6.92 Å². The molecule has 2 aromatic rings. The van der Waals surface area contributed by atoms with Gasteiger partial charge in [0.15, 0.2) is 5.82 Å². The second-order valence-corrected chi connectivity index (χ2v) is 7.01. The molecule has 154 valence electrons. The number of hydrogen-bond donors (Lipinski definition) is 1. The van der Waals surface area contributed by atoms with Crippen LogP contribution in [0.15, 0.2) is 36.4 Å². The van der Waals surface area contributed by atoms with Crippen LogP contribution in [0.3, 0.4) is 0 Å². The number of aromatic nitrogens is 2. The molecule has 1 N–H and O–H groups in total. The summed E-state index contributed by atoms with van der Waals surface area (Å²) in [6.45, 7) is 10.2. The molecule has 1 aliphatic heterocycles. The standard InChI is InChI=1S/C20H27N5O.2ClH/c1-15(2)24-11-4-12-25(14-13-24)20-10-9-19(22-23-20)17-5-7-18(8-6-17)21-16(3)26;;/h5-10,15H,4,11-14H2,1-3H3,(H,21,26);2*1H. The van der Waals surface area contributed by atoms with Gasteiger partial charge < -0.3 is 10.2 Å². The van der Waals surface area contributed by atoms with Gasteiger partial charge in [0.1, 0.15) is 0 Å². The predicted molar refractivity (Wildman–Crippen MR) is 120 cm³/mol. The number of rotatable bonds is 4. The summed E-state index contributed by atoms with van der Waals surface area (Å²) in [5.74, 6) is 0.865. The highest BCUT2D eigenvalue weighted by Crippen LogP contribution is 2.21. The van der Waals surface area contributed by atoms with Crippen molar-refractivity contribution in [2.75, 3.05) is 36.4 Å². The van der Waals surface area contributed by atoms with Gasteiger partial charge in [-0.1, -0.05) is 12.1 Å². The van der Waals surface area contributed by atoms with Crippen LogP contribution in [0, 0.1) is 0 Å². The monoisotopic (exact) mass is 425 g/mol. The summed E-state index contributed by atoms with van der Waals surface area (Å²) in [7, 11) is 0. The molecule has 8 heteroatoms. The van der Waals surface area contributed by atoms with Crippen molar-refractivity contribution in [2.45, 2.75) is 33.2 Å². The van der Waals surface area contributed by atoms with E-state index in [4.69, 9.17) is 0 Å². The molecule has 1 aliphatic rings. The molecule has 6 nitrogen and oxygen atoms in total. The molecule has 1 amide bonds. The van der Waals surface area contributed by atoms with Gasteiger partial charge in [-0.15, -0.1) is 35.0 Å². The number of nitrogens with one attached hydrogen (secondary N) is 1. The third-order valence-electron chi connectivity index (χ3n) is 4.74. The summed E-state index contributed by atoms with van der Waals surface area (Å²) in [4.78, 5) is 15.9. The molecule has 2 heterocycles. The first-order valence-electron chi connectivity index (χ1n) is 9.23. The van der Waals surface area contributed by atoms with Crippen LogP contribution in [-0.4, -0.2) is 53.2 Å². The van der Waals surface area contributed by atoms with Crippen molar-refractivity contribution in [3.8, 4) is 11.3 Å². The Bertz CT molecular complexity index is 737. The lowest BCUT2D eigenvalue weighted by Gasteiger charge is -2.25. The Morgan fingerprint density at radius 2 is 1.68 bits per heavy atom. The maximum Gasteiger partial charge on any atom is 0.221 e. The average Bonchev–Trinajstić information content (AvgIpc) is 2.88. The summed E-state index contributed by atoms with van der Waals surface area (Å²) in [6, 6.07) is 12.3. The SMILES string of the molecule is CC(=O)Nc1ccc(-c2ccc(N3CCCN(C(C)C)CC3)nn2)cc1.Cl.Cl. The Labute approximate surface area is 179 Å². The van der Waals surface area contributed by atoms with Crippen molar-refractivity contribution in [3.63, 3.8) is 0 Å². The molecule has 0 radical (unpaired) electrons. The van der Waals surface area contributed by atoms with E-state index in [1.807, 2.05) is 30.3 Å². The van der Waals surface area contributed by atoms with Gasteiger partial charge in [-0.3, -0.25) is 9.69 Å². The normalized spacial score (nSPS) is 14.6. The van der Waals surface area contributed by atoms with E-state index in [0.717, 1.165) is 55.4 Å². The molecule has 0 unspecified atom stereocenters. The fourth-order valence-electron chi connectivity index (χ4n) is 3.26. The summed E-state index contributed by atoms with van der Waals surface area (Å²) in [5.41, 5.74) is 2.60. The van der Waals surface area contributed by atoms with Gasteiger partial charge in [-0.2, -0.15) is 0 Å². The number of nitrogens with zero attached hydrogens (tertiary/aromatic N) is 4. The highest BCUT2D eigenvalue weighted by atomic mass is 35.5. The van der Waals surface area contributed by atoms with E-state index < -0.39 is 0 Å². The van der Waals surface area contributed by atoms with Crippen LogP contribution < -0.4 is 10.2 Å². The van der Waals surface area contributed by atoms with E-state index in [2.05, 4.69) is 45.2 Å². The molecule has 0 saturated carbocycles. The van der Waals surface area contributed by atoms with Gasteiger partial charge in [-0.25, -0.2) is 0 Å². The topological polar surface area (TPSA) is 61.4 Å². The lowest BCUT2D eigenvalue weighted by Crippen LogP contribution is -2.35. The molecule has 0 bridgehead atoms. The van der Waals surface area contributed by atoms with Crippen molar-refractivity contribution < 1.29 is 4.79 Å². The Morgan fingerprint density at radius 1 is 0.964 bits per heavy atom. The first-order valence-corrected chi connectivity index (χ1v) is 9.23. The molecule has 0 aliphatic carbocycles. The summed E-state index contributed by atoms with van der Waals surface area (Å²) < 4.78 is 0. The molecule has 1 aromatic heterocycles. The van der Waals surface area contributed by atoms with Crippen molar-refractivity contribution in [3.05, 3.63) is 36.4 Å². The van der Waals surface area contributed by atoms with Gasteiger partial charge in [0.2, 0.25) is 5.91 Å². The largest absolute Gasteiger partial charge is 0.354 e. The lowest BCUT2D eigenvalue weighted by molar-refractivity contribution is -0.114. The maximum atomic E-state index is 11.1. The average molecular weight is 426 g/mol. The van der Waals surface area contributed by atoms with E-state index in [1.54, 1.807) is 0 Å². The zero-order valence-electron chi connectivity index (χ0n) is 16.6. The number of halogens is 2. The van der Waals surface area contributed by atoms with Crippen molar-refractivity contribution in [1.82, 2.24) is 15.1 Å². The first-order chi connectivity index (χ1) is 12.5. The summed E-state index contributed by atoms with van der Waals surface area (Å²) in [6.07, 6.45) is 1.15. The number of anilines is 2. The zero-order chi connectivity index (χ0) is 18.5. The van der Waals surface area contributed by atoms with Crippen LogP contribution in [-0.2, 0) is 4.79 Å². The summed E-state index contributed by atoms with van der Waals surface area (Å²) >= 11 is 0. The van der Waals surface area contributed by atoms with E-state index in [-0.39, 0.29) is 30.7 Å². The molecule has 0 spiro atoms. The van der Waals surface area contributed by atoms with E-state index >= 15 is 0 Å². The zero-order valence-corrected chi connectivity index (χ0v) is 18.2. The van der Waals surface area contributed by atoms with Crippen LogP contribution >= 0.6 is 24.8 Å². The molecule has 3 rings (SSSR count). The smallest absolute Gasteiger partial charge is 0.221 e. The lowest BCUT2D eigenvalue weighted by atomic mass is 10.1. The Morgan fingerprint density at radius 3 is 2.25 bits per heavy atom. The van der Waals surface area contributed by atoms with Crippen LogP contribution in [0.25, 0.3) is 11.3 Å². The van der Waals surface area contributed by atoms with Gasteiger partial charge in [0, 0.05) is 50.4 Å². The third kappa shape index (κ3) is 6.33. The molecule has 0 atom stereocenters. The van der Waals surface area contributed by atoms with Crippen LogP contribution in [0.4, 0.5) is 11.5 Å². The van der Waals surface area contributed by atoms with E-state index in [0.29, 0.717) is 6.04 Å². The highest BCUT2D eigenvalue weighted by molar-refractivity contribution is 5.88. The molecular weight excluding hydrogens is 397 g/mol. The van der Waals surface area contributed by atoms with Gasteiger partial charge >= 0.3 is 0 Å². The Balaban J connectivity index is 0.00000196. The number of hydrogen-bond acceptors (Lipinski definition) is 5. The van der Waals surface area contributed by atoms with Crippen molar-refractivity contribution in [2.24, 2.45) is 0 Å². The van der Waals surface area contributed by atoms with E-state index in [9.17, 15) is 4.79 Å². The van der Waals surface area contributed by atoms with Crippen LogP contribution in [0.2, 0.25) is 0 Å². The Hall–Kier alpha value is -1.89. The molecule has 1 fully saturated rings. The summed E-state index contributed by atoms with van der Waals surface area (Å²) in [5, 5.41) is 11.6. The number of amides is 1. The minimum Gasteiger partial charge on any atom is -0.354 e. The molecule has 1 aromatic carbocycles. The number of carbonyl (C=O) groups is 1. The predicted octanol–water partition coefficient (Wildman–Crippen LogP) is 3.87. The maximum absolute atomic E-state index is 11.1. The van der Waals surface area contributed by atoms with Crippen LogP contribution in [0.1, 0.15) is 27.2 Å². The van der Waals surface area contributed by atoms with Crippen molar-refractivity contribution in [1.29, 1.82) is 0 Å². The fourth-order valence-corrected chi connectivity index (χ4v) is 3.26. The van der Waals surface area contributed by atoms with Crippen LogP contribution in [0.5, 0.6) is 0 Å². The van der Waals surface area contributed by atoms with Gasteiger partial charge in [0.25, 0.3) is 0 Å². The fraction of sp³-hybridized carbons (Fsp3) is 0.450. The molecular formula is C20H29Cl2N5O. The number of carbonyl (C=O) groups excluding carboxylic acids is 1. The Kier molecular flexibility index (Phi) is 9.65. The number of benzene rings is 1. The van der Waals surface area contributed by atoms with Crippen molar-refractivity contribution >= 4 is 42.2 Å². The molecule has 28 heavy (non-hydrogen) atoms. The van der Waals surface area contributed by atoms with Gasteiger partial charge in [0.05, 0.1) is 5.69 Å². The molecule has 1 saturated heterocycles. The third-order valence-corrected chi connectivity index (χ3v) is 4.74. The highest BCUT2D eigenvalue weighted by Gasteiger charge is 2.18.